The van der Waals surface area contributed by atoms with Crippen LogP contribution >= 0.6 is 31.3 Å². The van der Waals surface area contributed by atoms with Crippen LogP contribution in [0.5, 0.6) is 0 Å². The minimum atomic E-state index is -3.95. The fourth-order valence-electron chi connectivity index (χ4n) is 2.88. The summed E-state index contributed by atoms with van der Waals surface area (Å²) in [6.45, 7) is 3.02. The summed E-state index contributed by atoms with van der Waals surface area (Å²) in [6, 6.07) is 0. The van der Waals surface area contributed by atoms with E-state index in [1.165, 1.54) is 20.2 Å². The number of phosphoric ester groups is 1. The molecule has 176 valence electrons. The number of carbonyl (C=O) groups excluding carboxylic acids is 2. The van der Waals surface area contributed by atoms with Crippen LogP contribution in [0.15, 0.2) is 12.7 Å². The Hall–Kier alpha value is -1.54. The summed E-state index contributed by atoms with van der Waals surface area (Å²) in [7, 11) is -3.95. The Balaban J connectivity index is 1.61. The number of anilines is 1. The van der Waals surface area contributed by atoms with E-state index in [4.69, 9.17) is 24.0 Å². The number of thioether (sulfide) groups is 2. The third kappa shape index (κ3) is 6.98. The summed E-state index contributed by atoms with van der Waals surface area (Å²) < 4.78 is 37.1. The van der Waals surface area contributed by atoms with Crippen molar-refractivity contribution < 1.29 is 32.5 Å². The molecule has 0 bridgehead atoms. The lowest BCUT2D eigenvalue weighted by Crippen LogP contribution is -2.15. The number of ether oxygens (including phenoxy) is 1. The van der Waals surface area contributed by atoms with Gasteiger partial charge in [-0.25, -0.2) is 19.5 Å². The predicted molar refractivity (Wildman–Crippen MR) is 120 cm³/mol. The molecule has 3 heterocycles. The maximum atomic E-state index is 13.1. The normalized spacial score (nSPS) is 18.9. The minimum Gasteiger partial charge on any atom is -0.382 e. The third-order valence-corrected chi connectivity index (χ3v) is 7.30. The zero-order valence-corrected chi connectivity index (χ0v) is 20.1. The van der Waals surface area contributed by atoms with Gasteiger partial charge in [0.05, 0.1) is 32.3 Å². The van der Waals surface area contributed by atoms with Gasteiger partial charge in [-0.15, -0.1) is 0 Å². The molecular weight excluding hydrogens is 481 g/mol. The molecule has 1 fully saturated rings. The quantitative estimate of drug-likeness (QED) is 0.351. The molecular formula is C17H24N5O7PS2. The van der Waals surface area contributed by atoms with Crippen molar-refractivity contribution >= 4 is 58.6 Å². The zero-order chi connectivity index (χ0) is 23.1. The Morgan fingerprint density at radius 3 is 2.47 bits per heavy atom. The smallest absolute Gasteiger partial charge is 0.382 e. The zero-order valence-electron chi connectivity index (χ0n) is 17.5. The van der Waals surface area contributed by atoms with Crippen molar-refractivity contribution in [2.45, 2.75) is 32.6 Å². The number of phosphoric acid groups is 1. The van der Waals surface area contributed by atoms with Gasteiger partial charge >= 0.3 is 7.82 Å². The van der Waals surface area contributed by atoms with Gasteiger partial charge in [0.15, 0.2) is 21.7 Å². The highest BCUT2D eigenvalue weighted by Crippen LogP contribution is 2.52. The molecule has 0 saturated carbocycles. The molecule has 0 aromatic carbocycles. The van der Waals surface area contributed by atoms with E-state index in [2.05, 4.69) is 15.0 Å². The number of nitrogens with zero attached hydrogens (tertiary/aromatic N) is 4. The van der Waals surface area contributed by atoms with Gasteiger partial charge in [0, 0.05) is 31.8 Å². The Morgan fingerprint density at radius 2 is 1.84 bits per heavy atom. The van der Waals surface area contributed by atoms with Gasteiger partial charge in [-0.3, -0.25) is 27.7 Å². The highest BCUT2D eigenvalue weighted by molar-refractivity contribution is 8.13. The monoisotopic (exact) mass is 505 g/mol. The van der Waals surface area contributed by atoms with Crippen LogP contribution in [0.3, 0.4) is 0 Å². The first-order valence-corrected chi connectivity index (χ1v) is 13.1. The number of fused-ring (bicyclic) bond motifs is 1. The van der Waals surface area contributed by atoms with Crippen LogP contribution in [0.1, 0.15) is 26.5 Å². The largest absolute Gasteiger partial charge is 0.475 e. The van der Waals surface area contributed by atoms with Gasteiger partial charge in [-0.2, -0.15) is 0 Å². The molecule has 0 radical (unpaired) electrons. The fraction of sp³-hybridized carbons (Fsp3) is 0.588. The van der Waals surface area contributed by atoms with Crippen LogP contribution in [-0.2, 0) is 32.5 Å². The van der Waals surface area contributed by atoms with E-state index in [-0.39, 0.29) is 35.9 Å². The molecule has 0 amide bonds. The van der Waals surface area contributed by atoms with Crippen LogP contribution in [0, 0.1) is 0 Å². The average Bonchev–Trinajstić information content (AvgIpc) is 3.36. The molecule has 2 aromatic heterocycles. The number of hydrogen-bond acceptors (Lipinski definition) is 13. The SMILES string of the molecule is CC(=O)SCCOP(=O)(OCCSC(C)=O)OC1COC(n2cnc3c(N)ncnc32)C1. The number of rotatable bonds is 11. The van der Waals surface area contributed by atoms with Gasteiger partial charge in [-0.1, -0.05) is 23.5 Å². The Morgan fingerprint density at radius 1 is 1.19 bits per heavy atom. The van der Waals surface area contributed by atoms with Crippen LogP contribution in [0.4, 0.5) is 5.82 Å². The first kappa shape index (κ1) is 25.1. The fourth-order valence-corrected chi connectivity index (χ4v) is 5.37. The molecule has 1 saturated heterocycles. The van der Waals surface area contributed by atoms with Gasteiger partial charge in [-0.05, 0) is 0 Å². The third-order valence-electron chi connectivity index (χ3n) is 4.19. The molecule has 0 spiro atoms. The number of nitrogen functional groups attached to an aromatic ring is 1. The number of hydrogen-bond donors (Lipinski definition) is 1. The minimum absolute atomic E-state index is 0.000730. The lowest BCUT2D eigenvalue weighted by Gasteiger charge is -2.20. The van der Waals surface area contributed by atoms with E-state index in [0.29, 0.717) is 29.1 Å². The van der Waals surface area contributed by atoms with E-state index in [1.54, 1.807) is 10.9 Å². The molecule has 2 N–H and O–H groups in total. The van der Waals surface area contributed by atoms with Gasteiger partial charge in [0.2, 0.25) is 0 Å². The van der Waals surface area contributed by atoms with Gasteiger partial charge < -0.3 is 10.5 Å². The summed E-state index contributed by atoms with van der Waals surface area (Å²) in [6.07, 6.45) is 2.19. The summed E-state index contributed by atoms with van der Waals surface area (Å²) in [4.78, 5) is 34.5. The molecule has 0 aliphatic carbocycles. The number of nitrogens with two attached hydrogens (primary N) is 1. The lowest BCUT2D eigenvalue weighted by molar-refractivity contribution is -0.109. The number of carbonyl (C=O) groups is 2. The molecule has 12 nitrogen and oxygen atoms in total. The molecule has 2 aromatic rings. The topological polar surface area (TPSA) is 158 Å². The molecule has 1 aliphatic rings. The molecule has 3 rings (SSSR count). The van der Waals surface area contributed by atoms with E-state index >= 15 is 0 Å². The molecule has 1 aliphatic heterocycles. The van der Waals surface area contributed by atoms with Gasteiger partial charge in [0.1, 0.15) is 18.1 Å². The molecule has 2 unspecified atom stereocenters. The highest BCUT2D eigenvalue weighted by Gasteiger charge is 2.37. The number of aromatic nitrogens is 4. The van der Waals surface area contributed by atoms with E-state index < -0.39 is 20.2 Å². The van der Waals surface area contributed by atoms with Crippen molar-refractivity contribution in [3.05, 3.63) is 12.7 Å². The Bertz CT molecular complexity index is 981. The summed E-state index contributed by atoms with van der Waals surface area (Å²) in [5, 5.41) is -0.153. The summed E-state index contributed by atoms with van der Waals surface area (Å²) in [5.41, 5.74) is 6.80. The number of imidazole rings is 1. The van der Waals surface area contributed by atoms with Gasteiger partial charge in [0.25, 0.3) is 0 Å². The van der Waals surface area contributed by atoms with Crippen LogP contribution in [0.2, 0.25) is 0 Å². The first-order chi connectivity index (χ1) is 15.3. The van der Waals surface area contributed by atoms with Crippen molar-refractivity contribution in [2.24, 2.45) is 0 Å². The summed E-state index contributed by atoms with van der Waals surface area (Å²) in [5.74, 6) is 0.873. The molecule has 15 heteroatoms. The van der Waals surface area contributed by atoms with Crippen LogP contribution < -0.4 is 5.73 Å². The predicted octanol–water partition coefficient (Wildman–Crippen LogP) is 2.41. The first-order valence-electron chi connectivity index (χ1n) is 9.66. The van der Waals surface area contributed by atoms with Crippen LogP contribution in [-0.4, -0.2) is 67.2 Å². The second kappa shape index (κ2) is 11.5. The van der Waals surface area contributed by atoms with Crippen molar-refractivity contribution in [1.82, 2.24) is 19.5 Å². The molecule has 2 atom stereocenters. The van der Waals surface area contributed by atoms with E-state index in [9.17, 15) is 14.2 Å². The Kier molecular flexibility index (Phi) is 9.05. The maximum Gasteiger partial charge on any atom is 0.475 e. The molecule has 32 heavy (non-hydrogen) atoms. The van der Waals surface area contributed by atoms with Crippen molar-refractivity contribution in [1.29, 1.82) is 0 Å². The Labute approximate surface area is 192 Å². The summed E-state index contributed by atoms with van der Waals surface area (Å²) >= 11 is 2.09. The van der Waals surface area contributed by atoms with E-state index in [0.717, 1.165) is 23.5 Å². The van der Waals surface area contributed by atoms with Crippen molar-refractivity contribution in [2.75, 3.05) is 37.1 Å². The lowest BCUT2D eigenvalue weighted by atomic mass is 10.3. The highest BCUT2D eigenvalue weighted by atomic mass is 32.2. The van der Waals surface area contributed by atoms with Crippen molar-refractivity contribution in [3.63, 3.8) is 0 Å². The van der Waals surface area contributed by atoms with E-state index in [1.807, 2.05) is 0 Å². The van der Waals surface area contributed by atoms with Crippen molar-refractivity contribution in [3.8, 4) is 0 Å². The van der Waals surface area contributed by atoms with Crippen LogP contribution in [0.25, 0.3) is 11.2 Å². The maximum absolute atomic E-state index is 13.1. The average molecular weight is 506 g/mol. The standard InChI is InChI=1S/C17H24N5O7PS2/c1-11(23)31-5-3-27-30(25,28-4-6-32-12(2)24)29-13-7-14(26-8-13)22-10-21-15-16(18)19-9-20-17(15)22/h9-10,13-14H,3-8H2,1-2H3,(H2,18,19,20). The second-order valence-electron chi connectivity index (χ2n) is 6.63. The second-order valence-corrected chi connectivity index (χ2v) is 10.8.